The number of benzene rings is 1. The first-order valence-electron chi connectivity index (χ1n) is 10.6. The van der Waals surface area contributed by atoms with Crippen LogP contribution in [0, 0.1) is 13.8 Å². The highest BCUT2D eigenvalue weighted by Crippen LogP contribution is 2.33. The number of fused-ring (bicyclic) bond motifs is 1. The molecule has 1 aliphatic rings. The Morgan fingerprint density at radius 3 is 2.75 bits per heavy atom. The second-order valence-corrected chi connectivity index (χ2v) is 8.91. The van der Waals surface area contributed by atoms with Crippen LogP contribution in [0.3, 0.4) is 0 Å². The number of nitrogens with one attached hydrogen (secondary N) is 1. The molecule has 0 atom stereocenters. The number of carbonyl (C=O) groups is 1. The highest BCUT2D eigenvalue weighted by Gasteiger charge is 2.20. The number of urea groups is 1. The normalized spacial score (nSPS) is 14.1. The second kappa shape index (κ2) is 8.55. The standard InChI is InChI=1S/C24H23N5O2S/c1-15-22(16(2)31-28-15)18-6-7-20-21(14-18)32-23(26-20)27-24(30)29-11-8-17(9-12-29)13-19-5-3-4-10-25-19/h3-7,10,13-14H,8-9,11-12H2,1-2H3,(H,26,27,30). The van der Waals surface area contributed by atoms with E-state index >= 15 is 0 Å². The van der Waals surface area contributed by atoms with E-state index in [2.05, 4.69) is 32.6 Å². The SMILES string of the molecule is Cc1noc(C)c1-c1ccc2nc(NC(=O)N3CCC(=Cc4ccccn4)CC3)sc2c1. The Morgan fingerprint density at radius 2 is 2.03 bits per heavy atom. The summed E-state index contributed by atoms with van der Waals surface area (Å²) in [5.41, 5.74) is 6.05. The number of pyridine rings is 1. The van der Waals surface area contributed by atoms with Crippen LogP contribution in [-0.4, -0.2) is 39.1 Å². The van der Waals surface area contributed by atoms with Crippen LogP contribution in [0.25, 0.3) is 27.4 Å². The average molecular weight is 446 g/mol. The van der Waals surface area contributed by atoms with Gasteiger partial charge in [-0.3, -0.25) is 10.3 Å². The van der Waals surface area contributed by atoms with Gasteiger partial charge >= 0.3 is 6.03 Å². The molecule has 3 aromatic heterocycles. The lowest BCUT2D eigenvalue weighted by molar-refractivity contribution is 0.208. The van der Waals surface area contributed by atoms with E-state index in [4.69, 9.17) is 4.52 Å². The first kappa shape index (κ1) is 20.4. The maximum atomic E-state index is 12.8. The van der Waals surface area contributed by atoms with Crippen LogP contribution in [0.5, 0.6) is 0 Å². The fraction of sp³-hybridized carbons (Fsp3) is 0.250. The largest absolute Gasteiger partial charge is 0.361 e. The molecule has 32 heavy (non-hydrogen) atoms. The van der Waals surface area contributed by atoms with E-state index in [0.717, 1.165) is 51.3 Å². The van der Waals surface area contributed by atoms with Gasteiger partial charge in [-0.25, -0.2) is 9.78 Å². The average Bonchev–Trinajstić information content (AvgIpc) is 3.36. The number of aromatic nitrogens is 3. The monoisotopic (exact) mass is 445 g/mol. The lowest BCUT2D eigenvalue weighted by Gasteiger charge is -2.28. The molecule has 4 heterocycles. The van der Waals surface area contributed by atoms with E-state index < -0.39 is 0 Å². The molecule has 0 saturated carbocycles. The van der Waals surface area contributed by atoms with E-state index in [1.807, 2.05) is 49.1 Å². The van der Waals surface area contributed by atoms with Crippen molar-refractivity contribution in [2.75, 3.05) is 18.4 Å². The maximum Gasteiger partial charge on any atom is 0.323 e. The van der Waals surface area contributed by atoms with Gasteiger partial charge in [-0.15, -0.1) is 0 Å². The molecular weight excluding hydrogens is 422 g/mol. The van der Waals surface area contributed by atoms with E-state index in [9.17, 15) is 4.79 Å². The molecule has 4 aromatic rings. The number of thiazole rings is 1. The predicted octanol–water partition coefficient (Wildman–Crippen LogP) is 5.67. The van der Waals surface area contributed by atoms with Crippen LogP contribution < -0.4 is 5.32 Å². The minimum atomic E-state index is -0.105. The van der Waals surface area contributed by atoms with Crippen molar-refractivity contribution in [3.05, 3.63) is 65.3 Å². The fourth-order valence-electron chi connectivity index (χ4n) is 4.01. The smallest absolute Gasteiger partial charge is 0.323 e. The highest BCUT2D eigenvalue weighted by atomic mass is 32.1. The molecule has 0 radical (unpaired) electrons. The summed E-state index contributed by atoms with van der Waals surface area (Å²) in [4.78, 5) is 23.6. The van der Waals surface area contributed by atoms with Gasteiger partial charge in [-0.05, 0) is 62.6 Å². The minimum absolute atomic E-state index is 0.105. The molecule has 8 heteroatoms. The van der Waals surface area contributed by atoms with Gasteiger partial charge in [-0.1, -0.05) is 34.2 Å². The van der Waals surface area contributed by atoms with E-state index in [1.54, 1.807) is 6.20 Å². The quantitative estimate of drug-likeness (QED) is 0.439. The van der Waals surface area contributed by atoms with Crippen molar-refractivity contribution in [2.45, 2.75) is 26.7 Å². The molecule has 1 N–H and O–H groups in total. The molecule has 162 valence electrons. The van der Waals surface area contributed by atoms with Gasteiger partial charge in [0.05, 0.1) is 21.6 Å². The van der Waals surface area contributed by atoms with Crippen LogP contribution in [0.2, 0.25) is 0 Å². The highest BCUT2D eigenvalue weighted by molar-refractivity contribution is 7.22. The summed E-state index contributed by atoms with van der Waals surface area (Å²) >= 11 is 1.47. The van der Waals surface area contributed by atoms with Crippen molar-refractivity contribution < 1.29 is 9.32 Å². The molecule has 7 nitrogen and oxygen atoms in total. The molecule has 0 unspecified atom stereocenters. The van der Waals surface area contributed by atoms with Crippen molar-refractivity contribution in [3.8, 4) is 11.1 Å². The topological polar surface area (TPSA) is 84.2 Å². The Bertz CT molecular complexity index is 1280. The van der Waals surface area contributed by atoms with Crippen molar-refractivity contribution in [2.24, 2.45) is 0 Å². The van der Waals surface area contributed by atoms with E-state index in [1.165, 1.54) is 16.9 Å². The predicted molar refractivity (Wildman–Crippen MR) is 127 cm³/mol. The summed E-state index contributed by atoms with van der Waals surface area (Å²) in [5, 5.41) is 7.62. The van der Waals surface area contributed by atoms with Gasteiger partial charge < -0.3 is 9.42 Å². The Morgan fingerprint density at radius 1 is 1.19 bits per heavy atom. The third kappa shape index (κ3) is 4.13. The zero-order chi connectivity index (χ0) is 22.1. The molecule has 2 amide bonds. The zero-order valence-electron chi connectivity index (χ0n) is 18.0. The number of anilines is 1. The number of piperidine rings is 1. The number of aryl methyl sites for hydroxylation is 2. The lowest BCUT2D eigenvalue weighted by Crippen LogP contribution is -2.39. The maximum absolute atomic E-state index is 12.8. The molecule has 1 fully saturated rings. The van der Waals surface area contributed by atoms with Gasteiger partial charge in [0.1, 0.15) is 5.76 Å². The molecule has 0 aliphatic carbocycles. The van der Waals surface area contributed by atoms with Crippen LogP contribution in [0.4, 0.5) is 9.93 Å². The Hall–Kier alpha value is -3.52. The summed E-state index contributed by atoms with van der Waals surface area (Å²) in [5.74, 6) is 0.793. The second-order valence-electron chi connectivity index (χ2n) is 7.88. The Balaban J connectivity index is 1.26. The van der Waals surface area contributed by atoms with Crippen LogP contribution in [0.15, 0.2) is 52.7 Å². The van der Waals surface area contributed by atoms with Gasteiger partial charge in [-0.2, -0.15) is 0 Å². The number of nitrogens with zero attached hydrogens (tertiary/aromatic N) is 4. The summed E-state index contributed by atoms with van der Waals surface area (Å²) in [7, 11) is 0. The number of rotatable bonds is 3. The number of likely N-dealkylation sites (tertiary alicyclic amines) is 1. The summed E-state index contributed by atoms with van der Waals surface area (Å²) in [6.45, 7) is 5.22. The lowest BCUT2D eigenvalue weighted by atomic mass is 10.0. The molecule has 5 rings (SSSR count). The Kier molecular flexibility index (Phi) is 5.45. The molecule has 0 bridgehead atoms. The van der Waals surface area contributed by atoms with Crippen LogP contribution in [-0.2, 0) is 0 Å². The molecular formula is C24H23N5O2S. The summed E-state index contributed by atoms with van der Waals surface area (Å²) < 4.78 is 6.31. The van der Waals surface area contributed by atoms with Gasteiger partial charge in [0, 0.05) is 24.8 Å². The number of amides is 2. The van der Waals surface area contributed by atoms with Crippen LogP contribution >= 0.6 is 11.3 Å². The zero-order valence-corrected chi connectivity index (χ0v) is 18.8. The summed E-state index contributed by atoms with van der Waals surface area (Å²) in [6.07, 6.45) is 5.62. The number of carbonyl (C=O) groups excluding carboxylic acids is 1. The van der Waals surface area contributed by atoms with Crippen molar-refractivity contribution in [3.63, 3.8) is 0 Å². The number of hydrogen-bond acceptors (Lipinski definition) is 6. The van der Waals surface area contributed by atoms with Crippen LogP contribution in [0.1, 0.15) is 30.0 Å². The van der Waals surface area contributed by atoms with E-state index in [0.29, 0.717) is 18.2 Å². The third-order valence-corrected chi connectivity index (χ3v) is 6.59. The molecule has 1 aliphatic heterocycles. The summed E-state index contributed by atoms with van der Waals surface area (Å²) in [6, 6.07) is 11.8. The van der Waals surface area contributed by atoms with Gasteiger partial charge in [0.25, 0.3) is 0 Å². The molecule has 0 spiro atoms. The van der Waals surface area contributed by atoms with E-state index in [-0.39, 0.29) is 6.03 Å². The Labute approximate surface area is 189 Å². The molecule has 1 aromatic carbocycles. The fourth-order valence-corrected chi connectivity index (χ4v) is 4.91. The minimum Gasteiger partial charge on any atom is -0.361 e. The number of hydrogen-bond donors (Lipinski definition) is 1. The van der Waals surface area contributed by atoms with Crippen molar-refractivity contribution in [1.82, 2.24) is 20.0 Å². The van der Waals surface area contributed by atoms with Crippen molar-refractivity contribution in [1.29, 1.82) is 0 Å². The first-order valence-corrected chi connectivity index (χ1v) is 11.4. The van der Waals surface area contributed by atoms with Gasteiger partial charge in [0.2, 0.25) is 0 Å². The van der Waals surface area contributed by atoms with Gasteiger partial charge in [0.15, 0.2) is 5.13 Å². The van der Waals surface area contributed by atoms with Crippen molar-refractivity contribution >= 4 is 38.8 Å². The molecule has 1 saturated heterocycles. The third-order valence-electron chi connectivity index (χ3n) is 5.66. The first-order chi connectivity index (χ1) is 15.6.